The number of hydrogen-bond donors (Lipinski definition) is 1. The first kappa shape index (κ1) is 21.3. The van der Waals surface area contributed by atoms with Crippen molar-refractivity contribution in [1.82, 2.24) is 25.5 Å². The van der Waals surface area contributed by atoms with Gasteiger partial charge in [0.05, 0.1) is 0 Å². The van der Waals surface area contributed by atoms with Crippen molar-refractivity contribution in [2.24, 2.45) is 7.05 Å². The fraction of sp³-hybridized carbons (Fsp3) is 0.292. The van der Waals surface area contributed by atoms with E-state index >= 15 is 0 Å². The van der Waals surface area contributed by atoms with E-state index in [1.54, 1.807) is 16.4 Å². The molecule has 0 radical (unpaired) electrons. The second-order valence-corrected chi connectivity index (χ2v) is 8.50. The largest absolute Gasteiger partial charge is 0.489 e. The summed E-state index contributed by atoms with van der Waals surface area (Å²) in [6, 6.07) is 21.1. The maximum absolute atomic E-state index is 6.28. The Labute approximate surface area is 187 Å². The zero-order chi connectivity index (χ0) is 21.5. The van der Waals surface area contributed by atoms with Gasteiger partial charge in [-0.15, -0.1) is 5.10 Å². The van der Waals surface area contributed by atoms with Gasteiger partial charge < -0.3 is 10.1 Å². The summed E-state index contributed by atoms with van der Waals surface area (Å²) < 4.78 is 7.98. The van der Waals surface area contributed by atoms with Crippen molar-refractivity contribution >= 4 is 22.5 Å². The smallest absolute Gasteiger partial charge is 0.209 e. The van der Waals surface area contributed by atoms with E-state index in [9.17, 15) is 0 Å². The third-order valence-electron chi connectivity index (χ3n) is 5.25. The highest BCUT2D eigenvalue weighted by atomic mass is 32.2. The van der Waals surface area contributed by atoms with E-state index in [1.165, 1.54) is 27.5 Å². The van der Waals surface area contributed by atoms with Gasteiger partial charge in [-0.25, -0.2) is 4.68 Å². The lowest BCUT2D eigenvalue weighted by Gasteiger charge is -2.16. The Bertz CT molecular complexity index is 1140. The third kappa shape index (κ3) is 5.42. The monoisotopic (exact) mass is 433 g/mol. The Kier molecular flexibility index (Phi) is 7.17. The average Bonchev–Trinajstić information content (AvgIpc) is 3.20. The second-order valence-electron chi connectivity index (χ2n) is 7.44. The summed E-state index contributed by atoms with van der Waals surface area (Å²) in [4.78, 5) is 0. The SMILES string of the molecule is Cc1ccccc1COc1ccc2ccccc2c1CNCCCSc1nnnn1C. The fourth-order valence-electron chi connectivity index (χ4n) is 3.48. The maximum atomic E-state index is 6.28. The first-order valence-electron chi connectivity index (χ1n) is 10.5. The Morgan fingerprint density at radius 2 is 1.87 bits per heavy atom. The molecule has 0 unspecified atom stereocenters. The maximum Gasteiger partial charge on any atom is 0.209 e. The molecule has 0 saturated carbocycles. The van der Waals surface area contributed by atoms with Crippen molar-refractivity contribution in [1.29, 1.82) is 0 Å². The Morgan fingerprint density at radius 1 is 1.03 bits per heavy atom. The van der Waals surface area contributed by atoms with Gasteiger partial charge in [-0.3, -0.25) is 0 Å². The molecule has 0 fully saturated rings. The molecule has 0 aliphatic rings. The molecule has 7 heteroatoms. The van der Waals surface area contributed by atoms with Crippen molar-refractivity contribution in [2.75, 3.05) is 12.3 Å². The summed E-state index contributed by atoms with van der Waals surface area (Å²) in [6.45, 7) is 4.37. The number of ether oxygens (including phenoxy) is 1. The van der Waals surface area contributed by atoms with Gasteiger partial charge >= 0.3 is 0 Å². The van der Waals surface area contributed by atoms with E-state index in [2.05, 4.69) is 88.4 Å². The molecule has 160 valence electrons. The van der Waals surface area contributed by atoms with Gasteiger partial charge in [0.2, 0.25) is 5.16 Å². The number of thioether (sulfide) groups is 1. The summed E-state index contributed by atoms with van der Waals surface area (Å²) in [5, 5.41) is 18.4. The number of aryl methyl sites for hydroxylation is 2. The number of rotatable bonds is 10. The highest BCUT2D eigenvalue weighted by Gasteiger charge is 2.10. The lowest BCUT2D eigenvalue weighted by atomic mass is 10.0. The summed E-state index contributed by atoms with van der Waals surface area (Å²) in [5.41, 5.74) is 3.67. The van der Waals surface area contributed by atoms with Crippen LogP contribution in [0.5, 0.6) is 5.75 Å². The zero-order valence-electron chi connectivity index (χ0n) is 17.9. The molecule has 0 aliphatic carbocycles. The average molecular weight is 434 g/mol. The molecule has 0 aliphatic heterocycles. The molecular weight excluding hydrogens is 406 g/mol. The first-order chi connectivity index (χ1) is 15.2. The fourth-order valence-corrected chi connectivity index (χ4v) is 4.27. The highest BCUT2D eigenvalue weighted by molar-refractivity contribution is 7.99. The number of tetrazole rings is 1. The minimum Gasteiger partial charge on any atom is -0.489 e. The van der Waals surface area contributed by atoms with Crippen LogP contribution >= 0.6 is 11.8 Å². The minimum atomic E-state index is 0.570. The van der Waals surface area contributed by atoms with Gasteiger partial charge in [0, 0.05) is 24.9 Å². The quantitative estimate of drug-likeness (QED) is 0.293. The second kappa shape index (κ2) is 10.4. The van der Waals surface area contributed by atoms with Crippen LogP contribution in [-0.4, -0.2) is 32.5 Å². The summed E-state index contributed by atoms with van der Waals surface area (Å²) in [6.07, 6.45) is 1.03. The van der Waals surface area contributed by atoms with E-state index < -0.39 is 0 Å². The first-order valence-corrected chi connectivity index (χ1v) is 11.4. The number of hydrogen-bond acceptors (Lipinski definition) is 6. The van der Waals surface area contributed by atoms with Crippen LogP contribution in [0.25, 0.3) is 10.8 Å². The number of aromatic nitrogens is 4. The molecule has 31 heavy (non-hydrogen) atoms. The Hall–Kier alpha value is -2.90. The van der Waals surface area contributed by atoms with E-state index in [0.29, 0.717) is 6.61 Å². The van der Waals surface area contributed by atoms with Crippen LogP contribution in [-0.2, 0) is 20.2 Å². The minimum absolute atomic E-state index is 0.570. The van der Waals surface area contributed by atoms with Gasteiger partial charge in [0.25, 0.3) is 0 Å². The van der Waals surface area contributed by atoms with Crippen LogP contribution in [0.2, 0.25) is 0 Å². The van der Waals surface area contributed by atoms with E-state index in [-0.39, 0.29) is 0 Å². The molecular formula is C24H27N5OS. The van der Waals surface area contributed by atoms with Crippen molar-refractivity contribution in [2.45, 2.75) is 31.7 Å². The van der Waals surface area contributed by atoms with E-state index in [0.717, 1.165) is 36.2 Å². The highest BCUT2D eigenvalue weighted by Crippen LogP contribution is 2.29. The zero-order valence-corrected chi connectivity index (χ0v) is 18.7. The van der Waals surface area contributed by atoms with Gasteiger partial charge in [0.15, 0.2) is 0 Å². The molecule has 6 nitrogen and oxygen atoms in total. The van der Waals surface area contributed by atoms with Crippen LogP contribution < -0.4 is 10.1 Å². The molecule has 3 aromatic carbocycles. The number of nitrogens with zero attached hydrogens (tertiary/aromatic N) is 4. The lowest BCUT2D eigenvalue weighted by molar-refractivity contribution is 0.302. The van der Waals surface area contributed by atoms with E-state index in [4.69, 9.17) is 4.74 Å². The molecule has 0 atom stereocenters. The lowest BCUT2D eigenvalue weighted by Crippen LogP contribution is -2.16. The molecule has 0 amide bonds. The predicted octanol–water partition coefficient (Wildman–Crippen LogP) is 4.52. The van der Waals surface area contributed by atoms with Gasteiger partial charge in [-0.05, 0) is 58.3 Å². The van der Waals surface area contributed by atoms with Crippen LogP contribution in [0.1, 0.15) is 23.1 Å². The normalized spacial score (nSPS) is 11.2. The van der Waals surface area contributed by atoms with E-state index in [1.807, 2.05) is 7.05 Å². The van der Waals surface area contributed by atoms with Crippen molar-refractivity contribution in [3.05, 3.63) is 77.4 Å². The number of fused-ring (bicyclic) bond motifs is 1. The Morgan fingerprint density at radius 3 is 2.71 bits per heavy atom. The molecule has 0 bridgehead atoms. The topological polar surface area (TPSA) is 64.9 Å². The number of benzene rings is 3. The Balaban J connectivity index is 1.39. The molecule has 4 aromatic rings. The summed E-state index contributed by atoms with van der Waals surface area (Å²) in [7, 11) is 1.86. The van der Waals surface area contributed by atoms with Crippen LogP contribution in [0.3, 0.4) is 0 Å². The van der Waals surface area contributed by atoms with Gasteiger partial charge in [-0.2, -0.15) is 0 Å². The van der Waals surface area contributed by atoms with Gasteiger partial charge in [0.1, 0.15) is 12.4 Å². The van der Waals surface area contributed by atoms with Crippen molar-refractivity contribution in [3.63, 3.8) is 0 Å². The molecule has 1 aromatic heterocycles. The number of nitrogens with one attached hydrogen (secondary N) is 1. The van der Waals surface area contributed by atoms with Crippen LogP contribution in [0, 0.1) is 6.92 Å². The van der Waals surface area contributed by atoms with Crippen molar-refractivity contribution < 1.29 is 4.74 Å². The van der Waals surface area contributed by atoms with Crippen LogP contribution in [0.15, 0.2) is 65.8 Å². The molecule has 0 saturated heterocycles. The predicted molar refractivity (Wildman–Crippen MR) is 125 cm³/mol. The summed E-state index contributed by atoms with van der Waals surface area (Å²) in [5.74, 6) is 1.90. The van der Waals surface area contributed by atoms with Crippen molar-refractivity contribution in [3.8, 4) is 5.75 Å². The third-order valence-corrected chi connectivity index (χ3v) is 6.35. The molecule has 1 N–H and O–H groups in total. The standard InChI is InChI=1S/C24H27N5OS/c1-18-8-3-4-10-20(18)17-30-23-13-12-19-9-5-6-11-21(19)22(23)16-25-14-7-15-31-24-26-27-28-29(24)2/h3-6,8-13,25H,7,14-17H2,1-2H3. The molecule has 4 rings (SSSR count). The molecule has 0 spiro atoms. The van der Waals surface area contributed by atoms with Gasteiger partial charge in [-0.1, -0.05) is 66.4 Å². The molecule has 1 heterocycles. The van der Waals surface area contributed by atoms with Crippen LogP contribution in [0.4, 0.5) is 0 Å². The summed E-state index contributed by atoms with van der Waals surface area (Å²) >= 11 is 1.67.